The van der Waals surface area contributed by atoms with E-state index < -0.39 is 11.6 Å². The highest BCUT2D eigenvalue weighted by atomic mass is 16.6. The fraction of sp³-hybridized carbons (Fsp3) is 0.393. The van der Waals surface area contributed by atoms with Gasteiger partial charge in [-0.2, -0.15) is 0 Å². The molecule has 0 spiro atoms. The molecule has 0 bridgehead atoms. The average molecular weight is 491 g/mol. The minimum atomic E-state index is -0.589. The summed E-state index contributed by atoms with van der Waals surface area (Å²) in [6.07, 6.45) is 2.40. The molecule has 2 heterocycles. The van der Waals surface area contributed by atoms with E-state index in [1.807, 2.05) is 67.6 Å². The molecular weight excluding hydrogens is 456 g/mol. The molecule has 0 aliphatic rings. The molecule has 8 nitrogen and oxygen atoms in total. The Kier molecular flexibility index (Phi) is 7.06. The number of nitrogens with one attached hydrogen (secondary N) is 1. The molecule has 4 rings (SSSR count). The number of benzene rings is 2. The highest BCUT2D eigenvalue weighted by Crippen LogP contribution is 2.34. The Labute approximate surface area is 211 Å². The van der Waals surface area contributed by atoms with Gasteiger partial charge in [0.1, 0.15) is 11.6 Å². The quantitative estimate of drug-likeness (QED) is 0.315. The van der Waals surface area contributed by atoms with Gasteiger partial charge in [0, 0.05) is 5.56 Å². The zero-order valence-corrected chi connectivity index (χ0v) is 22.0. The lowest BCUT2D eigenvalue weighted by atomic mass is 10.0. The van der Waals surface area contributed by atoms with E-state index in [-0.39, 0.29) is 11.9 Å². The number of ether oxygens (including phenoxy) is 3. The molecule has 190 valence electrons. The molecule has 0 aliphatic heterocycles. The topological polar surface area (TPSA) is 87.0 Å². The summed E-state index contributed by atoms with van der Waals surface area (Å²) in [6.45, 7) is 9.76. The minimum absolute atomic E-state index is 0.272. The third-order valence-corrected chi connectivity index (χ3v) is 5.72. The van der Waals surface area contributed by atoms with E-state index in [1.165, 1.54) is 0 Å². The van der Waals surface area contributed by atoms with Crippen LogP contribution in [-0.4, -0.2) is 46.2 Å². The van der Waals surface area contributed by atoms with E-state index in [2.05, 4.69) is 19.2 Å². The summed E-state index contributed by atoms with van der Waals surface area (Å²) in [5, 5.41) is 3.36. The minimum Gasteiger partial charge on any atom is -0.493 e. The van der Waals surface area contributed by atoms with Gasteiger partial charge in [0.25, 0.3) is 0 Å². The fourth-order valence-electron chi connectivity index (χ4n) is 4.20. The normalized spacial score (nSPS) is 12.7. The summed E-state index contributed by atoms with van der Waals surface area (Å²) in [4.78, 5) is 22.7. The average Bonchev–Trinajstić information content (AvgIpc) is 3.27. The van der Waals surface area contributed by atoms with E-state index in [0.29, 0.717) is 29.4 Å². The molecule has 4 aromatic rings. The SMILES string of the molecule is COc1ccc(-c2cnc3c(NC(CC(C)C)C(=O)OC(C)(C)C)nc4ccccc4n23)cc1OC. The Hall–Kier alpha value is -3.81. The van der Waals surface area contributed by atoms with Crippen LogP contribution < -0.4 is 14.8 Å². The van der Waals surface area contributed by atoms with Crippen molar-refractivity contribution in [2.75, 3.05) is 19.5 Å². The third kappa shape index (κ3) is 5.22. The molecule has 1 atom stereocenters. The van der Waals surface area contributed by atoms with Gasteiger partial charge < -0.3 is 19.5 Å². The number of hydrogen-bond acceptors (Lipinski definition) is 7. The third-order valence-electron chi connectivity index (χ3n) is 5.72. The molecule has 0 fully saturated rings. The molecule has 1 unspecified atom stereocenters. The number of aromatic nitrogens is 3. The predicted molar refractivity (Wildman–Crippen MR) is 142 cm³/mol. The molecule has 0 amide bonds. The van der Waals surface area contributed by atoms with Crippen molar-refractivity contribution in [2.45, 2.75) is 52.7 Å². The first-order valence-electron chi connectivity index (χ1n) is 12.1. The van der Waals surface area contributed by atoms with Crippen molar-refractivity contribution in [3.05, 3.63) is 48.7 Å². The van der Waals surface area contributed by atoms with Gasteiger partial charge in [0.2, 0.25) is 0 Å². The number of nitrogens with zero attached hydrogens (tertiary/aromatic N) is 3. The van der Waals surface area contributed by atoms with Crippen molar-refractivity contribution in [2.24, 2.45) is 5.92 Å². The highest BCUT2D eigenvalue weighted by Gasteiger charge is 2.28. The van der Waals surface area contributed by atoms with Crippen LogP contribution in [0.5, 0.6) is 11.5 Å². The lowest BCUT2D eigenvalue weighted by Gasteiger charge is -2.26. The van der Waals surface area contributed by atoms with Crippen LogP contribution in [0.3, 0.4) is 0 Å². The van der Waals surface area contributed by atoms with Gasteiger partial charge in [-0.1, -0.05) is 26.0 Å². The fourth-order valence-corrected chi connectivity index (χ4v) is 4.20. The molecule has 1 N–H and O–H groups in total. The van der Waals surface area contributed by atoms with Gasteiger partial charge in [-0.25, -0.2) is 14.8 Å². The molecule has 2 aromatic heterocycles. The zero-order valence-electron chi connectivity index (χ0n) is 22.0. The molecule has 8 heteroatoms. The summed E-state index contributed by atoms with van der Waals surface area (Å²) in [5.41, 5.74) is 3.49. The Morgan fingerprint density at radius 1 is 1.06 bits per heavy atom. The Balaban J connectivity index is 1.86. The zero-order chi connectivity index (χ0) is 26.0. The largest absolute Gasteiger partial charge is 0.493 e. The second-order valence-corrected chi connectivity index (χ2v) is 10.2. The summed E-state index contributed by atoms with van der Waals surface area (Å²) in [5.74, 6) is 1.77. The first kappa shape index (κ1) is 25.3. The van der Waals surface area contributed by atoms with Crippen molar-refractivity contribution < 1.29 is 19.0 Å². The number of anilines is 1. The van der Waals surface area contributed by atoms with Crippen LogP contribution in [-0.2, 0) is 9.53 Å². The summed E-state index contributed by atoms with van der Waals surface area (Å²) < 4.78 is 18.7. The van der Waals surface area contributed by atoms with Crippen LogP contribution in [0.25, 0.3) is 27.9 Å². The van der Waals surface area contributed by atoms with Crippen molar-refractivity contribution in [3.63, 3.8) is 0 Å². The highest BCUT2D eigenvalue weighted by molar-refractivity contribution is 5.88. The van der Waals surface area contributed by atoms with Crippen molar-refractivity contribution in [1.29, 1.82) is 0 Å². The molecule has 0 saturated heterocycles. The molecule has 0 aliphatic carbocycles. The Morgan fingerprint density at radius 2 is 1.78 bits per heavy atom. The maximum atomic E-state index is 13.1. The van der Waals surface area contributed by atoms with Crippen LogP contribution in [0, 0.1) is 5.92 Å². The number of carbonyl (C=O) groups is 1. The molecule has 0 radical (unpaired) electrons. The second kappa shape index (κ2) is 10.0. The molecule has 0 saturated carbocycles. The summed E-state index contributed by atoms with van der Waals surface area (Å²) in [7, 11) is 3.23. The van der Waals surface area contributed by atoms with Crippen LogP contribution in [0.15, 0.2) is 48.7 Å². The van der Waals surface area contributed by atoms with Crippen molar-refractivity contribution >= 4 is 28.5 Å². The smallest absolute Gasteiger partial charge is 0.329 e. The van der Waals surface area contributed by atoms with Crippen LogP contribution in [0.1, 0.15) is 41.0 Å². The van der Waals surface area contributed by atoms with E-state index in [9.17, 15) is 4.79 Å². The molecule has 2 aromatic carbocycles. The van der Waals surface area contributed by atoms with Crippen LogP contribution in [0.4, 0.5) is 5.82 Å². The van der Waals surface area contributed by atoms with E-state index >= 15 is 0 Å². The van der Waals surface area contributed by atoms with Crippen LogP contribution in [0.2, 0.25) is 0 Å². The Bertz CT molecular complexity index is 1390. The Morgan fingerprint density at radius 3 is 2.44 bits per heavy atom. The van der Waals surface area contributed by atoms with Gasteiger partial charge in [-0.3, -0.25) is 4.40 Å². The maximum Gasteiger partial charge on any atom is 0.329 e. The summed E-state index contributed by atoms with van der Waals surface area (Å²) in [6, 6.07) is 13.1. The van der Waals surface area contributed by atoms with Gasteiger partial charge in [0.05, 0.1) is 37.1 Å². The number of hydrogen-bond donors (Lipinski definition) is 1. The monoisotopic (exact) mass is 490 g/mol. The second-order valence-electron chi connectivity index (χ2n) is 10.2. The standard InChI is InChI=1S/C28H34N4O4/c1-17(2)14-20(27(33)36-28(3,4)5)31-25-26-29-16-22(18-12-13-23(34-6)24(15-18)35-7)32(26)21-11-9-8-10-19(21)30-25/h8-13,15-17,20H,14H2,1-7H3,(H,30,31). The lowest BCUT2D eigenvalue weighted by Crippen LogP contribution is -2.37. The van der Waals surface area contributed by atoms with Gasteiger partial charge in [-0.15, -0.1) is 0 Å². The number of para-hydroxylation sites is 2. The van der Waals surface area contributed by atoms with Gasteiger partial charge in [0.15, 0.2) is 23.0 Å². The van der Waals surface area contributed by atoms with E-state index in [1.54, 1.807) is 20.4 Å². The number of imidazole rings is 1. The predicted octanol–water partition coefficient (Wildman–Crippen LogP) is 5.74. The molecular formula is C28H34N4O4. The lowest BCUT2D eigenvalue weighted by molar-refractivity contribution is -0.156. The first-order valence-corrected chi connectivity index (χ1v) is 12.1. The van der Waals surface area contributed by atoms with Crippen molar-refractivity contribution in [3.8, 4) is 22.8 Å². The van der Waals surface area contributed by atoms with Gasteiger partial charge in [-0.05, 0) is 63.4 Å². The molecule has 36 heavy (non-hydrogen) atoms. The number of fused-ring (bicyclic) bond motifs is 3. The number of rotatable bonds is 8. The number of methoxy groups -OCH3 is 2. The van der Waals surface area contributed by atoms with E-state index in [4.69, 9.17) is 24.2 Å². The first-order chi connectivity index (χ1) is 17.1. The summed E-state index contributed by atoms with van der Waals surface area (Å²) >= 11 is 0. The number of esters is 1. The number of carbonyl (C=O) groups excluding carboxylic acids is 1. The van der Waals surface area contributed by atoms with Crippen molar-refractivity contribution in [1.82, 2.24) is 14.4 Å². The van der Waals surface area contributed by atoms with E-state index in [0.717, 1.165) is 22.3 Å². The van der Waals surface area contributed by atoms with Gasteiger partial charge >= 0.3 is 5.97 Å². The van der Waals surface area contributed by atoms with Crippen LogP contribution >= 0.6 is 0 Å². The maximum absolute atomic E-state index is 13.1.